The van der Waals surface area contributed by atoms with Gasteiger partial charge in [-0.05, 0) is 67.4 Å². The largest absolute Gasteiger partial charge is 0.506 e. The first kappa shape index (κ1) is 40.3. The number of aliphatic hydroxyl groups is 1. The molecule has 0 aliphatic carbocycles. The number of aromatic hydroxyl groups is 4. The van der Waals surface area contributed by atoms with Crippen LogP contribution in [0.15, 0.2) is 107 Å². The van der Waals surface area contributed by atoms with Gasteiger partial charge in [0, 0.05) is 35.3 Å². The molecule has 0 spiro atoms. The summed E-state index contributed by atoms with van der Waals surface area (Å²) in [6, 6.07) is 27.4. The molecule has 0 saturated heterocycles. The summed E-state index contributed by atoms with van der Waals surface area (Å²) in [5.74, 6) is -0.556. The summed E-state index contributed by atoms with van der Waals surface area (Å²) in [7, 11) is 1.49. The van der Waals surface area contributed by atoms with Gasteiger partial charge < -0.3 is 35.0 Å². The van der Waals surface area contributed by atoms with E-state index >= 15 is 0 Å². The minimum absolute atomic E-state index is 0. The average molecular weight is 778 g/mol. The van der Waals surface area contributed by atoms with Crippen molar-refractivity contribution in [1.82, 2.24) is 19.6 Å². The molecule has 14 nitrogen and oxygen atoms in total. The van der Waals surface area contributed by atoms with Gasteiger partial charge in [-0.15, -0.1) is 0 Å². The van der Waals surface area contributed by atoms with Crippen molar-refractivity contribution in [2.24, 2.45) is 9.98 Å². The normalized spacial score (nSPS) is 10.9. The molecule has 0 aliphatic rings. The van der Waals surface area contributed by atoms with Crippen LogP contribution in [-0.4, -0.2) is 77.2 Å². The fourth-order valence-electron chi connectivity index (χ4n) is 5.02. The second kappa shape index (κ2) is 18.9. The number of ether oxygens (including phenoxy) is 2. The van der Waals surface area contributed by atoms with Gasteiger partial charge in [-0.1, -0.05) is 49.4 Å². The van der Waals surface area contributed by atoms with E-state index in [4.69, 9.17) is 9.47 Å². The molecule has 0 bridgehead atoms. The molecule has 0 saturated carbocycles. The number of aromatic nitrogens is 4. The summed E-state index contributed by atoms with van der Waals surface area (Å²) in [6.45, 7) is 3.64. The Morgan fingerprint density at radius 3 is 1.83 bits per heavy atom. The third-order valence-corrected chi connectivity index (χ3v) is 7.75. The Morgan fingerprint density at radius 2 is 1.28 bits per heavy atom. The maximum atomic E-state index is 12.3. The fourth-order valence-corrected chi connectivity index (χ4v) is 5.02. The smallest absolute Gasteiger partial charge is 0.359 e. The Labute approximate surface area is 321 Å². The van der Waals surface area contributed by atoms with E-state index in [1.54, 1.807) is 49.4 Å². The van der Waals surface area contributed by atoms with E-state index in [1.165, 1.54) is 47.1 Å². The van der Waals surface area contributed by atoms with Gasteiger partial charge in [0.25, 0.3) is 0 Å². The molecule has 6 rings (SSSR count). The number of aryl methyl sites for hydroxylation is 1. The molecule has 0 atom stereocenters. The van der Waals surface area contributed by atoms with Crippen LogP contribution >= 0.6 is 0 Å². The molecule has 1 radical (unpaired) electrons. The predicted molar refractivity (Wildman–Crippen MR) is 199 cm³/mol. The van der Waals surface area contributed by atoms with E-state index in [2.05, 4.69) is 20.2 Å². The van der Waals surface area contributed by atoms with Crippen LogP contribution in [0.5, 0.6) is 29.0 Å². The summed E-state index contributed by atoms with van der Waals surface area (Å²) < 4.78 is 12.8. The van der Waals surface area contributed by atoms with Gasteiger partial charge in [-0.2, -0.15) is 14.9 Å². The SMILES string of the molecule is CCOC(=O)c1nn(-c2ccccc2)c(O)c1C=Nc1cc(OC)ccc1O.CCc1nn(-c2ccccc2)c(O)c1C=Nc1cc(CO)ccc1O.[Co]. The minimum Gasteiger partial charge on any atom is -0.506 e. The number of hydrogen-bond donors (Lipinski definition) is 5. The third kappa shape index (κ3) is 9.32. The van der Waals surface area contributed by atoms with E-state index in [1.807, 2.05) is 43.3 Å². The zero-order valence-electron chi connectivity index (χ0n) is 29.5. The van der Waals surface area contributed by atoms with Crippen LogP contribution in [-0.2, 0) is 34.5 Å². The predicted octanol–water partition coefficient (Wildman–Crippen LogP) is 6.31. The van der Waals surface area contributed by atoms with E-state index in [0.29, 0.717) is 40.4 Å². The van der Waals surface area contributed by atoms with Gasteiger partial charge in [0.2, 0.25) is 11.8 Å². The van der Waals surface area contributed by atoms with Gasteiger partial charge in [0.15, 0.2) is 5.69 Å². The Hall–Kier alpha value is -6.42. The van der Waals surface area contributed by atoms with Gasteiger partial charge in [-0.3, -0.25) is 9.98 Å². The van der Waals surface area contributed by atoms with E-state index < -0.39 is 5.97 Å². The van der Waals surface area contributed by atoms with Crippen LogP contribution in [0.4, 0.5) is 11.4 Å². The fraction of sp³-hybridized carbons (Fsp3) is 0.154. The molecule has 2 heterocycles. The minimum atomic E-state index is -0.691. The molecule has 0 unspecified atom stereocenters. The van der Waals surface area contributed by atoms with Crippen LogP contribution in [0.1, 0.15) is 46.7 Å². The topological polar surface area (TPSA) is 197 Å². The van der Waals surface area contributed by atoms with Crippen molar-refractivity contribution >= 4 is 29.8 Å². The number of methoxy groups -OCH3 is 1. The number of aliphatic hydroxyl groups excluding tert-OH is 1. The van der Waals surface area contributed by atoms with Gasteiger partial charge in [0.05, 0.1) is 48.5 Å². The third-order valence-electron chi connectivity index (χ3n) is 7.75. The number of carbonyl (C=O) groups is 1. The molecule has 0 amide bonds. The van der Waals surface area contributed by atoms with E-state index in [0.717, 1.165) is 5.69 Å². The zero-order chi connectivity index (χ0) is 37.9. The number of nitrogens with zero attached hydrogens (tertiary/aromatic N) is 6. The number of aliphatic imine (C=N–C) groups is 2. The van der Waals surface area contributed by atoms with Crippen molar-refractivity contribution in [1.29, 1.82) is 0 Å². The maximum Gasteiger partial charge on any atom is 0.359 e. The first-order chi connectivity index (χ1) is 25.7. The summed E-state index contributed by atoms with van der Waals surface area (Å²) in [5.41, 5.74) is 3.67. The number of hydrogen-bond acceptors (Lipinski definition) is 12. The average Bonchev–Trinajstić information content (AvgIpc) is 3.70. The summed E-state index contributed by atoms with van der Waals surface area (Å²) >= 11 is 0. The molecular weight excluding hydrogens is 739 g/mol. The molecule has 281 valence electrons. The van der Waals surface area contributed by atoms with Crippen LogP contribution in [0.25, 0.3) is 11.4 Å². The number of phenolic OH excluding ortho intramolecular Hbond substituents is 2. The van der Waals surface area contributed by atoms with Gasteiger partial charge >= 0.3 is 5.97 Å². The second-order valence-electron chi connectivity index (χ2n) is 11.2. The molecular formula is C39H38CoN6O8. The number of rotatable bonds is 11. The molecule has 6 aromatic rings. The Kier molecular flexibility index (Phi) is 14.1. The molecule has 4 aromatic carbocycles. The van der Waals surface area contributed by atoms with E-state index in [-0.39, 0.29) is 70.2 Å². The Morgan fingerprint density at radius 1 is 0.741 bits per heavy atom. The van der Waals surface area contributed by atoms with Gasteiger partial charge in [0.1, 0.15) is 28.6 Å². The van der Waals surface area contributed by atoms with Crippen molar-refractivity contribution < 1.29 is 56.6 Å². The van der Waals surface area contributed by atoms with Crippen LogP contribution < -0.4 is 4.74 Å². The number of phenols is 2. The van der Waals surface area contributed by atoms with Crippen LogP contribution in [0.2, 0.25) is 0 Å². The molecule has 0 fully saturated rings. The van der Waals surface area contributed by atoms with Crippen LogP contribution in [0, 0.1) is 0 Å². The van der Waals surface area contributed by atoms with E-state index in [9.17, 15) is 30.3 Å². The van der Waals surface area contributed by atoms with Gasteiger partial charge in [-0.25, -0.2) is 9.48 Å². The summed E-state index contributed by atoms with van der Waals surface area (Å²) in [4.78, 5) is 20.7. The number of benzene rings is 4. The second-order valence-corrected chi connectivity index (χ2v) is 11.2. The van der Waals surface area contributed by atoms with Crippen LogP contribution in [0.3, 0.4) is 0 Å². The number of para-hydroxylation sites is 2. The molecule has 0 aliphatic heterocycles. The molecule has 15 heteroatoms. The first-order valence-electron chi connectivity index (χ1n) is 16.5. The van der Waals surface area contributed by atoms with Crippen molar-refractivity contribution in [3.8, 4) is 40.4 Å². The molecule has 5 N–H and O–H groups in total. The molecule has 54 heavy (non-hydrogen) atoms. The standard InChI is InChI=1S/C20H19N3O5.C19H19N3O3.Co/c1-3-28-20(26)18-15(12-21-16-11-14(27-2)9-10-17(16)24)19(25)23(22-18)13-7-5-4-6-8-13;1-2-16-15(11-20-17-10-13(12-23)8-9-18(17)24)19(25)22(21-16)14-6-4-3-5-7-14;/h4-12,24-25H,3H2,1-2H3;3-11,23-25H,2,12H2,1H3;. The quantitative estimate of drug-likeness (QED) is 0.0735. The summed E-state index contributed by atoms with van der Waals surface area (Å²) in [6.07, 6.45) is 3.36. The number of carbonyl (C=O) groups excluding carboxylic acids is 1. The van der Waals surface area contributed by atoms with Crippen molar-refractivity contribution in [2.45, 2.75) is 26.9 Å². The van der Waals surface area contributed by atoms with Crippen molar-refractivity contribution in [3.63, 3.8) is 0 Å². The molecule has 2 aromatic heterocycles. The summed E-state index contributed by atoms with van der Waals surface area (Å²) in [5, 5.41) is 58.9. The first-order valence-corrected chi connectivity index (χ1v) is 16.5. The Bertz CT molecular complexity index is 2240. The van der Waals surface area contributed by atoms with Crippen molar-refractivity contribution in [3.05, 3.63) is 125 Å². The Balaban J connectivity index is 0.000000238. The van der Waals surface area contributed by atoms with Crippen molar-refractivity contribution in [2.75, 3.05) is 13.7 Å². The maximum absolute atomic E-state index is 12.3. The monoisotopic (exact) mass is 777 g/mol. The zero-order valence-corrected chi connectivity index (χ0v) is 30.5. The number of esters is 1.